The molecule has 2 aromatic rings. The molecule has 0 saturated carbocycles. The van der Waals surface area contributed by atoms with Gasteiger partial charge in [-0.15, -0.1) is 0 Å². The predicted octanol–water partition coefficient (Wildman–Crippen LogP) is 6.36. The number of carbonyl (C=O) groups is 1. The van der Waals surface area contributed by atoms with Crippen LogP contribution in [-0.4, -0.2) is 34.3 Å². The summed E-state index contributed by atoms with van der Waals surface area (Å²) in [7, 11) is 0. The van der Waals surface area contributed by atoms with E-state index in [-0.39, 0.29) is 13.2 Å². The van der Waals surface area contributed by atoms with Gasteiger partial charge in [0.25, 0.3) is 0 Å². The third kappa shape index (κ3) is 9.41. The number of rotatable bonds is 13. The highest BCUT2D eigenvalue weighted by Crippen LogP contribution is 2.31. The number of pyridine rings is 1. The molecule has 6 nitrogen and oxygen atoms in total. The number of benzene rings is 1. The first kappa shape index (κ1) is 28.4. The van der Waals surface area contributed by atoms with E-state index >= 15 is 0 Å². The maximum atomic E-state index is 10.7. The predicted molar refractivity (Wildman–Crippen MR) is 137 cm³/mol. The highest BCUT2D eigenvalue weighted by atomic mass is 35.5. The first-order valence-electron chi connectivity index (χ1n) is 12.1. The fourth-order valence-electron chi connectivity index (χ4n) is 3.84. The molecule has 3 N–H and O–H groups in total. The average Bonchev–Trinajstić information content (AvgIpc) is 3.26. The number of nitrogens with zero attached hydrogens (tertiary/aromatic N) is 1. The molecule has 0 radical (unpaired) electrons. The fraction of sp³-hybridized carbons (Fsp3) is 0.538. The van der Waals surface area contributed by atoms with E-state index in [1.54, 1.807) is 30.5 Å². The minimum Gasteiger partial charge on any atom is -0.481 e. The molecule has 188 valence electrons. The van der Waals surface area contributed by atoms with Crippen molar-refractivity contribution < 1.29 is 19.7 Å². The van der Waals surface area contributed by atoms with E-state index in [0.29, 0.717) is 28.0 Å². The Bertz CT molecular complexity index is 895. The maximum absolute atomic E-state index is 10.7. The van der Waals surface area contributed by atoms with Crippen LogP contribution in [0.4, 0.5) is 0 Å². The maximum Gasteiger partial charge on any atom is 0.314 e. The Morgan fingerprint density at radius 1 is 1.15 bits per heavy atom. The van der Waals surface area contributed by atoms with Crippen LogP contribution in [0.5, 0.6) is 5.88 Å². The Hall–Kier alpha value is -1.86. The normalized spacial score (nSPS) is 14.2. The van der Waals surface area contributed by atoms with Crippen LogP contribution in [0.25, 0.3) is 0 Å². The van der Waals surface area contributed by atoms with Crippen molar-refractivity contribution in [2.24, 2.45) is 0 Å². The lowest BCUT2D eigenvalue weighted by Gasteiger charge is -2.12. The van der Waals surface area contributed by atoms with Gasteiger partial charge in [0.1, 0.15) is 12.5 Å². The molecule has 34 heavy (non-hydrogen) atoms. The van der Waals surface area contributed by atoms with Crippen molar-refractivity contribution in [2.75, 3.05) is 13.2 Å². The number of carboxylic acid groups (broad SMARTS) is 1. The van der Waals surface area contributed by atoms with Gasteiger partial charge in [-0.05, 0) is 42.3 Å². The van der Waals surface area contributed by atoms with E-state index in [9.17, 15) is 9.90 Å². The van der Waals surface area contributed by atoms with Crippen LogP contribution < -0.4 is 10.1 Å². The van der Waals surface area contributed by atoms with Gasteiger partial charge in [-0.3, -0.25) is 4.79 Å². The number of nitrogens with one attached hydrogen (secondary N) is 1. The van der Waals surface area contributed by atoms with Gasteiger partial charge >= 0.3 is 5.97 Å². The number of hydrogen-bond acceptors (Lipinski definition) is 5. The molecule has 0 saturated heterocycles. The number of aliphatic hydroxyl groups is 1. The molecule has 0 spiro atoms. The second kappa shape index (κ2) is 15.9. The molecule has 0 amide bonds. The number of ether oxygens (including phenoxy) is 1. The molecule has 8 heteroatoms. The van der Waals surface area contributed by atoms with E-state index in [1.807, 2.05) is 0 Å². The van der Waals surface area contributed by atoms with E-state index < -0.39 is 11.9 Å². The van der Waals surface area contributed by atoms with Crippen molar-refractivity contribution in [1.82, 2.24) is 10.3 Å². The Labute approximate surface area is 212 Å². The second-order valence-electron chi connectivity index (χ2n) is 8.43. The lowest BCUT2D eigenvalue weighted by atomic mass is 10.0. The third-order valence-electron chi connectivity index (χ3n) is 5.79. The fourth-order valence-corrected chi connectivity index (χ4v) is 4.44. The van der Waals surface area contributed by atoms with Crippen molar-refractivity contribution in [2.45, 2.75) is 77.4 Å². The molecular weight excluding hydrogens is 475 g/mol. The molecule has 1 aliphatic heterocycles. The Balaban J connectivity index is 0.000000283. The van der Waals surface area contributed by atoms with E-state index in [0.717, 1.165) is 17.7 Å². The highest BCUT2D eigenvalue weighted by Gasteiger charge is 2.30. The number of halogens is 2. The van der Waals surface area contributed by atoms with Gasteiger partial charge < -0.3 is 20.3 Å². The largest absolute Gasteiger partial charge is 0.481 e. The summed E-state index contributed by atoms with van der Waals surface area (Å²) in [5, 5.41) is 22.7. The lowest BCUT2D eigenvalue weighted by Crippen LogP contribution is -2.16. The van der Waals surface area contributed by atoms with Gasteiger partial charge in [0.15, 0.2) is 0 Å². The zero-order chi connectivity index (χ0) is 24.8. The summed E-state index contributed by atoms with van der Waals surface area (Å²) in [6.45, 7) is 4.08. The van der Waals surface area contributed by atoms with Crippen molar-refractivity contribution in [3.63, 3.8) is 0 Å². The van der Waals surface area contributed by atoms with E-state index in [2.05, 4.69) is 17.2 Å². The number of fused-ring (bicyclic) bond motifs is 1. The zero-order valence-corrected chi connectivity index (χ0v) is 21.4. The van der Waals surface area contributed by atoms with Crippen LogP contribution in [0.1, 0.15) is 80.9 Å². The number of aromatic nitrogens is 1. The Kier molecular flexibility index (Phi) is 13.3. The molecule has 0 bridgehead atoms. The highest BCUT2D eigenvalue weighted by molar-refractivity contribution is 6.35. The van der Waals surface area contributed by atoms with Gasteiger partial charge in [0, 0.05) is 28.4 Å². The summed E-state index contributed by atoms with van der Waals surface area (Å²) >= 11 is 12.1. The average molecular weight is 511 g/mol. The number of hydrogen-bond donors (Lipinski definition) is 3. The van der Waals surface area contributed by atoms with E-state index in [4.69, 9.17) is 33.0 Å². The molecular formula is C26H36Cl2N2O4. The molecule has 1 atom stereocenters. The van der Waals surface area contributed by atoms with Gasteiger partial charge in [-0.1, -0.05) is 81.1 Å². The molecule has 0 fully saturated rings. The number of unbranched alkanes of at least 4 members (excludes halogenated alkanes) is 7. The number of aliphatic carboxylic acids is 1. The van der Waals surface area contributed by atoms with Gasteiger partial charge in [0.05, 0.1) is 6.61 Å². The number of carboxylic acids is 1. The van der Waals surface area contributed by atoms with Crippen LogP contribution in [-0.2, 0) is 17.9 Å². The van der Waals surface area contributed by atoms with Crippen LogP contribution in [0.3, 0.4) is 0 Å². The molecule has 3 rings (SSSR count). The van der Waals surface area contributed by atoms with Gasteiger partial charge in [0.2, 0.25) is 5.88 Å². The number of aliphatic hydroxyl groups excluding tert-OH is 1. The van der Waals surface area contributed by atoms with Crippen LogP contribution in [0.15, 0.2) is 30.5 Å². The lowest BCUT2D eigenvalue weighted by molar-refractivity contribution is -0.138. The molecule has 1 aromatic carbocycles. The topological polar surface area (TPSA) is 91.7 Å². The van der Waals surface area contributed by atoms with Crippen molar-refractivity contribution >= 4 is 29.2 Å². The quantitative estimate of drug-likeness (QED) is 0.271. The Morgan fingerprint density at radius 3 is 2.53 bits per heavy atom. The standard InChI is InChI=1S/C18H29Cl2NO.C8H7NO3/c1-2-3-4-5-6-7-8-9-10-21-13-17-15(14-22)11-16(19)12-18(17)20;10-8(11)6-4-12-7-5(6)2-1-3-9-7/h11-12,21-22H,2-10,13-14H2,1H3;1-3,6H,4H2,(H,10,11). The van der Waals surface area contributed by atoms with Gasteiger partial charge in [-0.25, -0.2) is 4.98 Å². The molecule has 1 aromatic heterocycles. The zero-order valence-electron chi connectivity index (χ0n) is 19.9. The second-order valence-corrected chi connectivity index (χ2v) is 9.28. The monoisotopic (exact) mass is 510 g/mol. The summed E-state index contributed by atoms with van der Waals surface area (Å²) in [6, 6.07) is 6.95. The molecule has 2 heterocycles. The molecule has 1 aliphatic rings. The first-order chi connectivity index (χ1) is 16.5. The molecule has 0 aliphatic carbocycles. The Morgan fingerprint density at radius 2 is 1.85 bits per heavy atom. The van der Waals surface area contributed by atoms with Crippen molar-refractivity contribution in [1.29, 1.82) is 0 Å². The summed E-state index contributed by atoms with van der Waals surface area (Å²) in [4.78, 5) is 14.6. The summed E-state index contributed by atoms with van der Waals surface area (Å²) in [6.07, 6.45) is 12.2. The summed E-state index contributed by atoms with van der Waals surface area (Å²) in [5.74, 6) is -0.958. The van der Waals surface area contributed by atoms with Crippen molar-refractivity contribution in [3.8, 4) is 5.88 Å². The van der Waals surface area contributed by atoms with Crippen LogP contribution >= 0.6 is 23.2 Å². The summed E-state index contributed by atoms with van der Waals surface area (Å²) in [5.41, 5.74) is 2.43. The smallest absolute Gasteiger partial charge is 0.314 e. The van der Waals surface area contributed by atoms with Crippen molar-refractivity contribution in [3.05, 3.63) is 57.2 Å². The van der Waals surface area contributed by atoms with Crippen LogP contribution in [0.2, 0.25) is 10.0 Å². The van der Waals surface area contributed by atoms with Crippen LogP contribution in [0, 0.1) is 0 Å². The summed E-state index contributed by atoms with van der Waals surface area (Å²) < 4.78 is 5.08. The molecule has 1 unspecified atom stereocenters. The van der Waals surface area contributed by atoms with E-state index in [1.165, 1.54) is 51.4 Å². The minimum absolute atomic E-state index is 0.0327. The SMILES string of the molecule is CCCCCCCCCCNCc1c(Cl)cc(Cl)cc1CO.O=C(O)C1COc2ncccc21. The minimum atomic E-state index is -0.859. The third-order valence-corrected chi connectivity index (χ3v) is 6.35. The van der Waals surface area contributed by atoms with Gasteiger partial charge in [-0.2, -0.15) is 0 Å². The first-order valence-corrected chi connectivity index (χ1v) is 12.8.